The highest BCUT2D eigenvalue weighted by molar-refractivity contribution is 5.97. The Morgan fingerprint density at radius 3 is 2.14 bits per heavy atom. The molecule has 0 saturated carbocycles. The Kier molecular flexibility index (Phi) is 5.29. The number of rotatable bonds is 6. The highest BCUT2D eigenvalue weighted by atomic mass is 16.5. The van der Waals surface area contributed by atoms with Gasteiger partial charge in [0.2, 0.25) is 0 Å². The lowest BCUT2D eigenvalue weighted by atomic mass is 10.0. The van der Waals surface area contributed by atoms with Crippen molar-refractivity contribution in [2.75, 3.05) is 14.2 Å². The van der Waals surface area contributed by atoms with Crippen LogP contribution in [-0.4, -0.2) is 25.2 Å². The van der Waals surface area contributed by atoms with E-state index < -0.39 is 0 Å². The predicted molar refractivity (Wildman–Crippen MR) is 112 cm³/mol. The molecule has 4 rings (SSSR count). The van der Waals surface area contributed by atoms with Crippen molar-refractivity contribution in [2.45, 2.75) is 13.0 Å². The quantitative estimate of drug-likeness (QED) is 0.355. The molecule has 29 heavy (non-hydrogen) atoms. The second-order valence-corrected chi connectivity index (χ2v) is 6.65. The largest absolute Gasteiger partial charge is 0.493 e. The number of para-hydroxylation sites is 2. The van der Waals surface area contributed by atoms with Crippen LogP contribution in [0.5, 0.6) is 11.5 Å². The molecule has 0 unspecified atom stereocenters. The van der Waals surface area contributed by atoms with Gasteiger partial charge in [0.25, 0.3) is 0 Å². The van der Waals surface area contributed by atoms with Crippen LogP contribution in [0.2, 0.25) is 0 Å². The minimum absolute atomic E-state index is 0.187. The molecule has 0 aliphatic carbocycles. The van der Waals surface area contributed by atoms with Crippen molar-refractivity contribution in [1.82, 2.24) is 4.98 Å². The van der Waals surface area contributed by atoms with Crippen LogP contribution in [0.3, 0.4) is 0 Å². The van der Waals surface area contributed by atoms with E-state index >= 15 is 0 Å². The van der Waals surface area contributed by atoms with E-state index in [1.54, 1.807) is 13.2 Å². The third-order valence-electron chi connectivity index (χ3n) is 4.88. The number of ether oxygens (including phenoxy) is 3. The van der Waals surface area contributed by atoms with Crippen LogP contribution in [0.25, 0.3) is 21.8 Å². The number of esters is 1. The molecule has 0 radical (unpaired) electrons. The minimum Gasteiger partial charge on any atom is -0.493 e. The first-order chi connectivity index (χ1) is 14.2. The summed E-state index contributed by atoms with van der Waals surface area (Å²) in [5, 5.41) is 2.12. The van der Waals surface area contributed by atoms with E-state index in [9.17, 15) is 4.79 Å². The normalized spacial score (nSPS) is 10.8. The lowest BCUT2D eigenvalue weighted by Gasteiger charge is -2.15. The average Bonchev–Trinajstić information content (AvgIpc) is 2.77. The maximum atomic E-state index is 11.5. The number of methoxy groups -OCH3 is 2. The molecule has 5 nitrogen and oxygen atoms in total. The highest BCUT2D eigenvalue weighted by Crippen LogP contribution is 2.32. The maximum absolute atomic E-state index is 11.5. The zero-order valence-corrected chi connectivity index (χ0v) is 16.3. The first-order valence-corrected chi connectivity index (χ1v) is 9.32. The lowest BCUT2D eigenvalue weighted by molar-refractivity contribution is -0.139. The van der Waals surface area contributed by atoms with Crippen molar-refractivity contribution in [3.63, 3.8) is 0 Å². The van der Waals surface area contributed by atoms with E-state index in [1.807, 2.05) is 48.5 Å². The second kappa shape index (κ2) is 8.19. The Morgan fingerprint density at radius 1 is 0.862 bits per heavy atom. The standard InChI is InChI=1S/C24H21NO4/c1-27-23-13-16(14-24(26)28-2)11-12-22(23)29-15-19-17-7-3-5-9-20(17)25-21-10-6-4-8-18(19)21/h3-13H,14-15H2,1-2H3. The number of hydrogen-bond acceptors (Lipinski definition) is 5. The summed E-state index contributed by atoms with van der Waals surface area (Å²) in [6, 6.07) is 21.6. The van der Waals surface area contributed by atoms with Crippen LogP contribution >= 0.6 is 0 Å². The van der Waals surface area contributed by atoms with Gasteiger partial charge < -0.3 is 14.2 Å². The molecule has 4 aromatic rings. The third kappa shape index (κ3) is 3.85. The summed E-state index contributed by atoms with van der Waals surface area (Å²) in [4.78, 5) is 16.3. The van der Waals surface area contributed by atoms with E-state index in [4.69, 9.17) is 19.2 Å². The van der Waals surface area contributed by atoms with Gasteiger partial charge in [-0.25, -0.2) is 4.98 Å². The molecule has 0 N–H and O–H groups in total. The van der Waals surface area contributed by atoms with Crippen LogP contribution in [0.15, 0.2) is 66.7 Å². The smallest absolute Gasteiger partial charge is 0.309 e. The van der Waals surface area contributed by atoms with Gasteiger partial charge in [-0.15, -0.1) is 0 Å². The van der Waals surface area contributed by atoms with Gasteiger partial charge in [0, 0.05) is 16.3 Å². The molecule has 0 saturated heterocycles. The molecule has 0 aliphatic rings. The number of benzene rings is 3. The molecule has 0 aliphatic heterocycles. The molecule has 0 amide bonds. The van der Waals surface area contributed by atoms with Crippen LogP contribution < -0.4 is 9.47 Å². The Balaban J connectivity index is 1.68. The number of nitrogens with zero attached hydrogens (tertiary/aromatic N) is 1. The third-order valence-corrected chi connectivity index (χ3v) is 4.88. The fourth-order valence-corrected chi connectivity index (χ4v) is 3.41. The molecule has 3 aromatic carbocycles. The van der Waals surface area contributed by atoms with Crippen molar-refractivity contribution in [3.8, 4) is 11.5 Å². The monoisotopic (exact) mass is 387 g/mol. The van der Waals surface area contributed by atoms with Gasteiger partial charge >= 0.3 is 5.97 Å². The van der Waals surface area contributed by atoms with Crippen molar-refractivity contribution < 1.29 is 19.0 Å². The van der Waals surface area contributed by atoms with E-state index in [0.29, 0.717) is 18.1 Å². The van der Waals surface area contributed by atoms with Crippen LogP contribution in [0.4, 0.5) is 0 Å². The first kappa shape index (κ1) is 18.7. The molecule has 0 bridgehead atoms. The zero-order valence-electron chi connectivity index (χ0n) is 16.3. The van der Waals surface area contributed by atoms with E-state index in [2.05, 4.69) is 12.1 Å². The van der Waals surface area contributed by atoms with Crippen molar-refractivity contribution in [2.24, 2.45) is 0 Å². The van der Waals surface area contributed by atoms with Crippen molar-refractivity contribution in [1.29, 1.82) is 0 Å². The van der Waals surface area contributed by atoms with E-state index in [1.165, 1.54) is 7.11 Å². The number of pyridine rings is 1. The van der Waals surface area contributed by atoms with Crippen LogP contribution in [-0.2, 0) is 22.6 Å². The van der Waals surface area contributed by atoms with Gasteiger partial charge in [-0.2, -0.15) is 0 Å². The summed E-state index contributed by atoms with van der Waals surface area (Å²) < 4.78 is 16.4. The summed E-state index contributed by atoms with van der Waals surface area (Å²) >= 11 is 0. The summed E-state index contributed by atoms with van der Waals surface area (Å²) in [6.07, 6.45) is 0.187. The number of fused-ring (bicyclic) bond motifs is 2. The minimum atomic E-state index is -0.296. The maximum Gasteiger partial charge on any atom is 0.309 e. The molecule has 146 valence electrons. The molecule has 0 spiro atoms. The van der Waals surface area contributed by atoms with E-state index in [0.717, 1.165) is 32.9 Å². The second-order valence-electron chi connectivity index (χ2n) is 6.65. The van der Waals surface area contributed by atoms with Gasteiger partial charge in [-0.1, -0.05) is 42.5 Å². The summed E-state index contributed by atoms with van der Waals surface area (Å²) in [5.41, 5.74) is 3.75. The molecular weight excluding hydrogens is 366 g/mol. The predicted octanol–water partition coefficient (Wildman–Crippen LogP) is 4.69. The summed E-state index contributed by atoms with van der Waals surface area (Å²) in [7, 11) is 2.96. The molecule has 5 heteroatoms. The van der Waals surface area contributed by atoms with Crippen LogP contribution in [0.1, 0.15) is 11.1 Å². The van der Waals surface area contributed by atoms with Crippen LogP contribution in [0, 0.1) is 0 Å². The Morgan fingerprint density at radius 2 is 1.52 bits per heavy atom. The Bertz CT molecular complexity index is 1130. The summed E-state index contributed by atoms with van der Waals surface area (Å²) in [6.45, 7) is 0.371. The molecule has 0 fully saturated rings. The zero-order chi connectivity index (χ0) is 20.2. The van der Waals surface area contributed by atoms with Gasteiger partial charge in [0.15, 0.2) is 11.5 Å². The molecule has 1 aromatic heterocycles. The topological polar surface area (TPSA) is 57.7 Å². The van der Waals surface area contributed by atoms with Gasteiger partial charge in [-0.05, 0) is 29.8 Å². The fourth-order valence-electron chi connectivity index (χ4n) is 3.41. The number of carbonyl (C=O) groups is 1. The number of carbonyl (C=O) groups excluding carboxylic acids is 1. The SMILES string of the molecule is COC(=O)Cc1ccc(OCc2c3ccccc3nc3ccccc23)c(OC)c1. The van der Waals surface area contributed by atoms with Crippen molar-refractivity contribution in [3.05, 3.63) is 77.9 Å². The molecule has 1 heterocycles. The first-order valence-electron chi connectivity index (χ1n) is 9.32. The number of aromatic nitrogens is 1. The summed E-state index contributed by atoms with van der Waals surface area (Å²) in [5.74, 6) is 0.899. The molecular formula is C24H21NO4. The Hall–Kier alpha value is -3.60. The van der Waals surface area contributed by atoms with Gasteiger partial charge in [0.05, 0.1) is 31.7 Å². The van der Waals surface area contributed by atoms with Gasteiger partial charge in [0.1, 0.15) is 6.61 Å². The average molecular weight is 387 g/mol. The lowest BCUT2D eigenvalue weighted by Crippen LogP contribution is -2.05. The highest BCUT2D eigenvalue weighted by Gasteiger charge is 2.13. The van der Waals surface area contributed by atoms with Crippen molar-refractivity contribution >= 4 is 27.8 Å². The Labute approximate surface area is 168 Å². The van der Waals surface area contributed by atoms with E-state index in [-0.39, 0.29) is 12.4 Å². The fraction of sp³-hybridized carbons (Fsp3) is 0.167. The van der Waals surface area contributed by atoms with Gasteiger partial charge in [-0.3, -0.25) is 4.79 Å². The number of hydrogen-bond donors (Lipinski definition) is 0. The molecule has 0 atom stereocenters.